The summed E-state index contributed by atoms with van der Waals surface area (Å²) in [4.78, 5) is 28.2. The number of nitrogens with one attached hydrogen (secondary N) is 1. The van der Waals surface area contributed by atoms with Crippen molar-refractivity contribution < 1.29 is 22.7 Å². The lowest BCUT2D eigenvalue weighted by Gasteiger charge is -2.32. The fraction of sp³-hybridized carbons (Fsp3) is 0.333. The van der Waals surface area contributed by atoms with E-state index < -0.39 is 28.5 Å². The van der Waals surface area contributed by atoms with Crippen molar-refractivity contribution in [1.29, 1.82) is 0 Å². The second-order valence-electron chi connectivity index (χ2n) is 9.23. The number of nitrogens with zero attached hydrogens (tertiary/aromatic N) is 2. The molecular weight excluding hydrogens is 514 g/mol. The van der Waals surface area contributed by atoms with E-state index in [9.17, 15) is 18.0 Å². The van der Waals surface area contributed by atoms with Crippen LogP contribution in [0.1, 0.15) is 38.3 Å². The molecule has 39 heavy (non-hydrogen) atoms. The smallest absolute Gasteiger partial charge is 0.264 e. The highest BCUT2D eigenvalue weighted by Crippen LogP contribution is 2.26. The number of rotatable bonds is 13. The van der Waals surface area contributed by atoms with E-state index in [0.29, 0.717) is 24.6 Å². The van der Waals surface area contributed by atoms with Gasteiger partial charge in [0.15, 0.2) is 0 Å². The summed E-state index contributed by atoms with van der Waals surface area (Å²) in [6.45, 7) is 7.97. The van der Waals surface area contributed by atoms with E-state index in [1.807, 2.05) is 51.1 Å². The summed E-state index contributed by atoms with van der Waals surface area (Å²) < 4.78 is 34.3. The molecule has 0 aliphatic heterocycles. The van der Waals surface area contributed by atoms with Crippen molar-refractivity contribution in [1.82, 2.24) is 10.2 Å². The van der Waals surface area contributed by atoms with Crippen LogP contribution in [-0.2, 0) is 26.2 Å². The number of sulfonamides is 1. The summed E-state index contributed by atoms with van der Waals surface area (Å²) in [5.41, 5.74) is 2.14. The summed E-state index contributed by atoms with van der Waals surface area (Å²) in [5, 5.41) is 2.84. The normalized spacial score (nSPS) is 11.9. The van der Waals surface area contributed by atoms with Gasteiger partial charge in [0, 0.05) is 13.1 Å². The molecule has 0 aliphatic rings. The van der Waals surface area contributed by atoms with Crippen LogP contribution in [0.2, 0.25) is 0 Å². The molecule has 0 radical (unpaired) electrons. The Kier molecular flexibility index (Phi) is 10.5. The Morgan fingerprint density at radius 1 is 0.923 bits per heavy atom. The third-order valence-electron chi connectivity index (χ3n) is 6.24. The van der Waals surface area contributed by atoms with Crippen LogP contribution >= 0.6 is 0 Å². The first-order valence-electron chi connectivity index (χ1n) is 13.1. The minimum atomic E-state index is -4.13. The number of ether oxygens (including phenoxy) is 1. The summed E-state index contributed by atoms with van der Waals surface area (Å²) >= 11 is 0. The van der Waals surface area contributed by atoms with Crippen LogP contribution in [-0.4, -0.2) is 50.9 Å². The predicted molar refractivity (Wildman–Crippen MR) is 153 cm³/mol. The average molecular weight is 552 g/mol. The Hall–Kier alpha value is -3.85. The van der Waals surface area contributed by atoms with Gasteiger partial charge >= 0.3 is 0 Å². The molecule has 0 saturated heterocycles. The Bertz CT molecular complexity index is 1330. The van der Waals surface area contributed by atoms with Gasteiger partial charge < -0.3 is 15.0 Å². The zero-order valence-corrected chi connectivity index (χ0v) is 23.8. The number of anilines is 1. The van der Waals surface area contributed by atoms with Crippen LogP contribution < -0.4 is 14.4 Å². The highest BCUT2D eigenvalue weighted by atomic mass is 32.2. The second kappa shape index (κ2) is 13.8. The van der Waals surface area contributed by atoms with Crippen LogP contribution in [0.4, 0.5) is 5.69 Å². The summed E-state index contributed by atoms with van der Waals surface area (Å²) in [7, 11) is -4.13. The van der Waals surface area contributed by atoms with E-state index in [4.69, 9.17) is 4.74 Å². The molecular formula is C30H37N3O5S. The molecule has 1 N–H and O–H groups in total. The van der Waals surface area contributed by atoms with E-state index in [1.54, 1.807) is 43.3 Å². The average Bonchev–Trinajstić information content (AvgIpc) is 2.94. The zero-order chi connectivity index (χ0) is 28.4. The molecule has 0 spiro atoms. The maximum Gasteiger partial charge on any atom is 0.264 e. The molecule has 9 heteroatoms. The topological polar surface area (TPSA) is 96.0 Å². The van der Waals surface area contributed by atoms with Gasteiger partial charge in [0.2, 0.25) is 11.8 Å². The Morgan fingerprint density at radius 3 is 2.15 bits per heavy atom. The van der Waals surface area contributed by atoms with E-state index >= 15 is 0 Å². The molecule has 208 valence electrons. The van der Waals surface area contributed by atoms with Crippen molar-refractivity contribution in [2.24, 2.45) is 0 Å². The maximum absolute atomic E-state index is 13.9. The maximum atomic E-state index is 13.9. The summed E-state index contributed by atoms with van der Waals surface area (Å²) in [5.74, 6) is -0.235. The predicted octanol–water partition coefficient (Wildman–Crippen LogP) is 4.53. The van der Waals surface area contributed by atoms with Gasteiger partial charge in [-0.05, 0) is 69.2 Å². The zero-order valence-electron chi connectivity index (χ0n) is 23.0. The molecule has 0 fully saturated rings. The molecule has 8 nitrogen and oxygen atoms in total. The molecule has 0 saturated carbocycles. The van der Waals surface area contributed by atoms with Crippen molar-refractivity contribution in [2.75, 3.05) is 24.0 Å². The molecule has 0 unspecified atom stereocenters. The number of amides is 2. The summed E-state index contributed by atoms with van der Waals surface area (Å²) in [6, 6.07) is 21.6. The van der Waals surface area contributed by atoms with Crippen LogP contribution in [0.15, 0.2) is 83.8 Å². The van der Waals surface area contributed by atoms with E-state index in [0.717, 1.165) is 21.9 Å². The fourth-order valence-electron chi connectivity index (χ4n) is 4.00. The Balaban J connectivity index is 1.99. The van der Waals surface area contributed by atoms with Crippen LogP contribution in [0.3, 0.4) is 0 Å². The number of benzene rings is 3. The first-order valence-corrected chi connectivity index (χ1v) is 14.5. The molecule has 3 rings (SSSR count). The first-order chi connectivity index (χ1) is 18.7. The number of hydrogen-bond donors (Lipinski definition) is 1. The molecule has 3 aromatic carbocycles. The lowest BCUT2D eigenvalue weighted by Crippen LogP contribution is -2.51. The van der Waals surface area contributed by atoms with Gasteiger partial charge in [-0.15, -0.1) is 0 Å². The largest absolute Gasteiger partial charge is 0.494 e. The van der Waals surface area contributed by atoms with E-state index in [1.165, 1.54) is 17.0 Å². The number of carbonyl (C=O) groups is 2. The molecule has 0 heterocycles. The van der Waals surface area contributed by atoms with Crippen molar-refractivity contribution in [2.45, 2.75) is 51.6 Å². The second-order valence-corrected chi connectivity index (χ2v) is 11.1. The summed E-state index contributed by atoms with van der Waals surface area (Å²) in [6.07, 6.45) is 0.757. The van der Waals surface area contributed by atoms with Gasteiger partial charge in [-0.1, -0.05) is 55.0 Å². The van der Waals surface area contributed by atoms with Gasteiger partial charge in [0.25, 0.3) is 10.0 Å². The highest BCUT2D eigenvalue weighted by molar-refractivity contribution is 7.92. The molecule has 1 atom stereocenters. The van der Waals surface area contributed by atoms with Gasteiger partial charge in [-0.3, -0.25) is 13.9 Å². The van der Waals surface area contributed by atoms with E-state index in [-0.39, 0.29) is 17.3 Å². The minimum absolute atomic E-state index is 0.0303. The minimum Gasteiger partial charge on any atom is -0.494 e. The molecule has 0 aromatic heterocycles. The fourth-order valence-corrected chi connectivity index (χ4v) is 5.41. The van der Waals surface area contributed by atoms with Gasteiger partial charge in [-0.2, -0.15) is 0 Å². The Morgan fingerprint density at radius 2 is 1.56 bits per heavy atom. The van der Waals surface area contributed by atoms with Crippen LogP contribution in [0, 0.1) is 6.92 Å². The molecule has 0 aliphatic carbocycles. The van der Waals surface area contributed by atoms with Crippen molar-refractivity contribution in [3.63, 3.8) is 0 Å². The van der Waals surface area contributed by atoms with Gasteiger partial charge in [0.05, 0.1) is 17.2 Å². The SMILES string of the molecule is CCCNC(=O)[C@@H](C)N(Cc1ccccc1)C(=O)CN(c1ccc(C)cc1)S(=O)(=O)c1ccc(OCC)cc1. The number of aryl methyl sites for hydroxylation is 1. The van der Waals surface area contributed by atoms with Crippen LogP contribution in [0.25, 0.3) is 0 Å². The monoisotopic (exact) mass is 551 g/mol. The highest BCUT2D eigenvalue weighted by Gasteiger charge is 2.32. The number of hydrogen-bond acceptors (Lipinski definition) is 5. The van der Waals surface area contributed by atoms with Gasteiger partial charge in [0.1, 0.15) is 18.3 Å². The molecule has 3 aromatic rings. The van der Waals surface area contributed by atoms with Crippen LogP contribution in [0.5, 0.6) is 5.75 Å². The standard InChI is InChI=1S/C30H37N3O5S/c1-5-20-31-30(35)24(4)32(21-25-10-8-7-9-11-25)29(34)22-33(26-14-12-23(3)13-15-26)39(36,37)28-18-16-27(17-19-28)38-6-2/h7-19,24H,5-6,20-22H2,1-4H3,(H,31,35)/t24-/m1/s1. The lowest BCUT2D eigenvalue weighted by molar-refractivity contribution is -0.139. The van der Waals surface area contributed by atoms with Crippen molar-refractivity contribution in [3.05, 3.63) is 90.0 Å². The third-order valence-corrected chi connectivity index (χ3v) is 8.02. The quantitative estimate of drug-likeness (QED) is 0.337. The third kappa shape index (κ3) is 7.83. The Labute approximate surface area is 231 Å². The van der Waals surface area contributed by atoms with Crippen molar-refractivity contribution in [3.8, 4) is 5.75 Å². The first kappa shape index (κ1) is 29.7. The molecule has 2 amide bonds. The number of carbonyl (C=O) groups excluding carboxylic acids is 2. The van der Waals surface area contributed by atoms with E-state index in [2.05, 4.69) is 5.32 Å². The van der Waals surface area contributed by atoms with Crippen molar-refractivity contribution >= 4 is 27.5 Å². The molecule has 0 bridgehead atoms. The lowest BCUT2D eigenvalue weighted by atomic mass is 10.1. The van der Waals surface area contributed by atoms with Gasteiger partial charge in [-0.25, -0.2) is 8.42 Å².